The van der Waals surface area contributed by atoms with Crippen molar-refractivity contribution in [2.75, 3.05) is 0 Å². The van der Waals surface area contributed by atoms with Gasteiger partial charge in [0.15, 0.2) is 0 Å². The molecule has 0 unspecified atom stereocenters. The van der Waals surface area contributed by atoms with Gasteiger partial charge in [-0.1, -0.05) is 0 Å². The summed E-state index contributed by atoms with van der Waals surface area (Å²) in [4.78, 5) is 4.60. The van der Waals surface area contributed by atoms with Gasteiger partial charge in [-0.15, -0.1) is 0 Å². The number of amidine groups is 1. The molecule has 1 aliphatic rings. The Balaban J connectivity index is 2.15. The molecule has 0 bridgehead atoms. The Morgan fingerprint density at radius 3 is 2.75 bits per heavy atom. The first-order valence-corrected chi connectivity index (χ1v) is 11.1. The van der Waals surface area contributed by atoms with Gasteiger partial charge in [-0.25, -0.2) is 0 Å². The number of aliphatic imine (C=N–C) groups is 1. The van der Waals surface area contributed by atoms with Crippen molar-refractivity contribution in [1.29, 1.82) is 0 Å². The Bertz CT molecular complexity index is 465. The third-order valence-corrected chi connectivity index (χ3v) is 7.47. The molecule has 2 rings (SSSR count). The first-order valence-electron chi connectivity index (χ1n) is 7.61. The molecule has 0 spiro atoms. The monoisotopic (exact) mass is 379 g/mol. The maximum atomic E-state index is 6.59. The van der Waals surface area contributed by atoms with Crippen LogP contribution in [0.15, 0.2) is 29.3 Å². The molecule has 1 aromatic carbocycles. The average Bonchev–Trinajstić information content (AvgIpc) is 2.46. The summed E-state index contributed by atoms with van der Waals surface area (Å²) in [5, 5.41) is 0. The van der Waals surface area contributed by atoms with E-state index in [1.54, 1.807) is 0 Å². The first-order chi connectivity index (χ1) is 9.64. The van der Waals surface area contributed by atoms with Crippen molar-refractivity contribution in [2.24, 2.45) is 16.5 Å². The van der Waals surface area contributed by atoms with Crippen LogP contribution in [0.4, 0.5) is 5.69 Å². The van der Waals surface area contributed by atoms with E-state index in [-0.39, 0.29) is 5.54 Å². The summed E-state index contributed by atoms with van der Waals surface area (Å²) in [5.41, 5.74) is 14.7. The fourth-order valence-corrected chi connectivity index (χ4v) is 4.83. The van der Waals surface area contributed by atoms with Gasteiger partial charge in [0.05, 0.1) is 0 Å². The molecule has 1 fully saturated rings. The molecule has 1 aliphatic carbocycles. The van der Waals surface area contributed by atoms with Crippen molar-refractivity contribution in [3.8, 4) is 0 Å². The van der Waals surface area contributed by atoms with Gasteiger partial charge in [0.2, 0.25) is 0 Å². The predicted octanol–water partition coefficient (Wildman–Crippen LogP) is 3.28. The van der Waals surface area contributed by atoms with Gasteiger partial charge >= 0.3 is 132 Å². The van der Waals surface area contributed by atoms with Crippen molar-refractivity contribution in [3.63, 3.8) is 0 Å². The summed E-state index contributed by atoms with van der Waals surface area (Å²) in [5.74, 6) is 0. The second-order valence-electron chi connectivity index (χ2n) is 5.69. The van der Waals surface area contributed by atoms with Gasteiger partial charge < -0.3 is 0 Å². The van der Waals surface area contributed by atoms with E-state index in [2.05, 4.69) is 30.1 Å². The molecule has 2 radical (unpaired) electrons. The zero-order valence-corrected chi connectivity index (χ0v) is 15.2. The second kappa shape index (κ2) is 7.46. The van der Waals surface area contributed by atoms with Crippen molar-refractivity contribution in [1.82, 2.24) is 0 Å². The SMILES string of the molecule is CC[CH2][Sn][C](N)=Nc1cccc(C2(N)CCCCC2)c1. The van der Waals surface area contributed by atoms with Crippen LogP contribution in [-0.4, -0.2) is 25.0 Å². The molecule has 0 saturated heterocycles. The van der Waals surface area contributed by atoms with E-state index in [0.717, 1.165) is 22.4 Å². The predicted molar refractivity (Wildman–Crippen MR) is 87.5 cm³/mol. The molecule has 108 valence electrons. The average molecular weight is 378 g/mol. The maximum absolute atomic E-state index is 6.59. The molecule has 0 aliphatic heterocycles. The normalized spacial score (nSPS) is 19.0. The number of benzene rings is 1. The number of rotatable bonds is 5. The molecular formula is C16H25N3Sn. The standard InChI is InChI=1S/C13H18N3.C3H7.Sn/c14-10-16-12-6-4-5-11(9-12)13(15)7-2-1-3-8-13;1-3-2;/h4-6,9H,1-3,7-8,15H2,(H2,14,16);1,3H2,2H3;. The van der Waals surface area contributed by atoms with Crippen LogP contribution in [0.2, 0.25) is 4.44 Å². The molecule has 0 aromatic heterocycles. The first kappa shape index (κ1) is 15.8. The molecule has 0 atom stereocenters. The fourth-order valence-electron chi connectivity index (χ4n) is 2.79. The Kier molecular flexibility index (Phi) is 5.90. The van der Waals surface area contributed by atoms with E-state index in [1.807, 2.05) is 6.07 Å². The van der Waals surface area contributed by atoms with Crippen LogP contribution >= 0.6 is 0 Å². The molecule has 4 N–H and O–H groups in total. The van der Waals surface area contributed by atoms with E-state index in [4.69, 9.17) is 11.5 Å². The van der Waals surface area contributed by atoms with Crippen LogP contribution in [0.3, 0.4) is 0 Å². The Hall–Kier alpha value is -0.551. The third kappa shape index (κ3) is 4.22. The van der Waals surface area contributed by atoms with Gasteiger partial charge in [0, 0.05) is 0 Å². The van der Waals surface area contributed by atoms with Crippen molar-refractivity contribution < 1.29 is 0 Å². The minimum absolute atomic E-state index is 0.151. The summed E-state index contributed by atoms with van der Waals surface area (Å²) >= 11 is -0.638. The molecule has 20 heavy (non-hydrogen) atoms. The molecule has 1 saturated carbocycles. The number of nitrogens with two attached hydrogens (primary N) is 2. The summed E-state index contributed by atoms with van der Waals surface area (Å²) in [6.07, 6.45) is 7.17. The number of nitrogens with zero attached hydrogens (tertiary/aromatic N) is 1. The van der Waals surface area contributed by atoms with Crippen LogP contribution in [0.5, 0.6) is 0 Å². The van der Waals surface area contributed by atoms with Crippen molar-refractivity contribution in [2.45, 2.75) is 55.4 Å². The zero-order chi connectivity index (χ0) is 14.4. The number of hydrogen-bond acceptors (Lipinski definition) is 2. The molecule has 0 amide bonds. The Labute approximate surface area is 132 Å². The van der Waals surface area contributed by atoms with E-state index in [0.29, 0.717) is 0 Å². The van der Waals surface area contributed by atoms with E-state index in [1.165, 1.54) is 35.7 Å². The van der Waals surface area contributed by atoms with Gasteiger partial charge in [0.25, 0.3) is 0 Å². The summed E-state index contributed by atoms with van der Waals surface area (Å²) in [6, 6.07) is 8.39. The number of hydrogen-bond donors (Lipinski definition) is 2. The summed E-state index contributed by atoms with van der Waals surface area (Å²) in [6.45, 7) is 2.20. The van der Waals surface area contributed by atoms with Crippen LogP contribution in [0.25, 0.3) is 0 Å². The Morgan fingerprint density at radius 1 is 1.30 bits per heavy atom. The van der Waals surface area contributed by atoms with E-state index < -0.39 is 21.1 Å². The molecular weight excluding hydrogens is 353 g/mol. The summed E-state index contributed by atoms with van der Waals surface area (Å²) in [7, 11) is 0. The van der Waals surface area contributed by atoms with Gasteiger partial charge in [0.1, 0.15) is 0 Å². The van der Waals surface area contributed by atoms with Gasteiger partial charge in [-0.05, 0) is 0 Å². The van der Waals surface area contributed by atoms with E-state index >= 15 is 0 Å². The van der Waals surface area contributed by atoms with E-state index in [9.17, 15) is 0 Å². The Morgan fingerprint density at radius 2 is 2.05 bits per heavy atom. The zero-order valence-electron chi connectivity index (χ0n) is 12.4. The summed E-state index contributed by atoms with van der Waals surface area (Å²) < 4.78 is 2.15. The molecule has 4 heteroatoms. The molecule has 1 aromatic rings. The van der Waals surface area contributed by atoms with Crippen LogP contribution in [0, 0.1) is 0 Å². The van der Waals surface area contributed by atoms with Gasteiger partial charge in [-0.3, -0.25) is 0 Å². The topological polar surface area (TPSA) is 64.4 Å². The molecule has 3 nitrogen and oxygen atoms in total. The third-order valence-electron chi connectivity index (χ3n) is 3.97. The van der Waals surface area contributed by atoms with Crippen LogP contribution in [-0.2, 0) is 5.54 Å². The van der Waals surface area contributed by atoms with Crippen LogP contribution in [0.1, 0.15) is 51.0 Å². The van der Waals surface area contributed by atoms with Crippen LogP contribution < -0.4 is 11.5 Å². The van der Waals surface area contributed by atoms with Crippen molar-refractivity contribution in [3.05, 3.63) is 29.8 Å². The van der Waals surface area contributed by atoms with Gasteiger partial charge in [-0.2, -0.15) is 0 Å². The van der Waals surface area contributed by atoms with Crippen molar-refractivity contribution >= 4 is 30.7 Å². The molecule has 0 heterocycles. The fraction of sp³-hybridized carbons (Fsp3) is 0.562. The second-order valence-corrected chi connectivity index (χ2v) is 9.59. The quantitative estimate of drug-likeness (QED) is 0.469. The minimum atomic E-state index is -0.638.